The zero-order chi connectivity index (χ0) is 22.9. The molecule has 1 aliphatic carbocycles. The highest BCUT2D eigenvalue weighted by molar-refractivity contribution is 6.32. The summed E-state index contributed by atoms with van der Waals surface area (Å²) in [4.78, 5) is 12.9. The van der Waals surface area contributed by atoms with Gasteiger partial charge >= 0.3 is 0 Å². The zero-order valence-corrected chi connectivity index (χ0v) is 19.1. The lowest BCUT2D eigenvalue weighted by molar-refractivity contribution is -0.117. The van der Waals surface area contributed by atoms with Crippen LogP contribution in [0.3, 0.4) is 0 Å². The monoisotopic (exact) mass is 479 g/mol. The van der Waals surface area contributed by atoms with Gasteiger partial charge in [0.2, 0.25) is 5.91 Å². The smallest absolute Gasteiger partial charge is 0.228 e. The molecule has 0 spiro atoms. The first-order chi connectivity index (χ1) is 16.0. The van der Waals surface area contributed by atoms with Crippen LogP contribution in [-0.2, 0) is 4.79 Å². The molecule has 5 rings (SSSR count). The number of halogens is 2. The Labute approximate surface area is 200 Å². The van der Waals surface area contributed by atoms with Crippen LogP contribution >= 0.6 is 23.2 Å². The number of nitrogens with one attached hydrogen (secondary N) is 2. The molecule has 2 atom stereocenters. The first-order valence-corrected chi connectivity index (χ1v) is 11.1. The summed E-state index contributed by atoms with van der Waals surface area (Å²) in [6, 6.07) is 18.8. The molecule has 1 saturated carbocycles. The number of amides is 1. The number of benzene rings is 3. The molecule has 1 aliphatic rings. The molecule has 1 heterocycles. The Balaban J connectivity index is 1.40. The molecule has 9 heteroatoms. The number of rotatable bonds is 6. The lowest BCUT2D eigenvalue weighted by Gasteiger charge is -2.12. The van der Waals surface area contributed by atoms with Gasteiger partial charge in [-0.3, -0.25) is 4.79 Å². The van der Waals surface area contributed by atoms with Gasteiger partial charge < -0.3 is 10.1 Å². The highest BCUT2D eigenvalue weighted by atomic mass is 35.5. The topological polar surface area (TPSA) is 92.8 Å². The van der Waals surface area contributed by atoms with Crippen molar-refractivity contribution in [1.82, 2.24) is 20.6 Å². The lowest BCUT2D eigenvalue weighted by atomic mass is 9.98. The average molecular weight is 480 g/mol. The number of methoxy groups -OCH3 is 1. The van der Waals surface area contributed by atoms with Crippen molar-refractivity contribution in [2.45, 2.75) is 12.3 Å². The maximum atomic E-state index is 12.9. The van der Waals surface area contributed by atoms with Crippen LogP contribution in [0.1, 0.15) is 17.9 Å². The Bertz CT molecular complexity index is 1310. The van der Waals surface area contributed by atoms with Gasteiger partial charge in [-0.15, -0.1) is 5.10 Å². The molecule has 33 heavy (non-hydrogen) atoms. The summed E-state index contributed by atoms with van der Waals surface area (Å²) in [7, 11) is 1.57. The molecule has 2 N–H and O–H groups in total. The molecule has 1 aromatic heterocycles. The average Bonchev–Trinajstić information content (AvgIpc) is 3.44. The number of ether oxygens (including phenoxy) is 1. The van der Waals surface area contributed by atoms with Crippen molar-refractivity contribution in [3.8, 4) is 28.3 Å². The van der Waals surface area contributed by atoms with Crippen LogP contribution in [-0.4, -0.2) is 33.6 Å². The summed E-state index contributed by atoms with van der Waals surface area (Å²) >= 11 is 12.3. The fourth-order valence-electron chi connectivity index (χ4n) is 3.97. The van der Waals surface area contributed by atoms with Crippen molar-refractivity contribution in [3.63, 3.8) is 0 Å². The van der Waals surface area contributed by atoms with Crippen LogP contribution in [0.5, 0.6) is 5.75 Å². The first-order valence-electron chi connectivity index (χ1n) is 10.3. The van der Waals surface area contributed by atoms with Gasteiger partial charge in [-0.25, -0.2) is 5.10 Å². The highest BCUT2D eigenvalue weighted by Crippen LogP contribution is 2.48. The minimum Gasteiger partial charge on any atom is -0.495 e. The Morgan fingerprint density at radius 3 is 2.58 bits per heavy atom. The van der Waals surface area contributed by atoms with E-state index in [0.29, 0.717) is 27.3 Å². The number of carbonyl (C=O) groups excluding carboxylic acids is 1. The van der Waals surface area contributed by atoms with E-state index in [1.807, 2.05) is 54.6 Å². The summed E-state index contributed by atoms with van der Waals surface area (Å²) in [6.07, 6.45) is 0.814. The third-order valence-corrected chi connectivity index (χ3v) is 6.32. The number of nitrogens with zero attached hydrogens (tertiary/aromatic N) is 3. The molecular formula is C24H19Cl2N5O2. The Morgan fingerprint density at radius 1 is 1.06 bits per heavy atom. The van der Waals surface area contributed by atoms with Crippen LogP contribution in [0, 0.1) is 5.92 Å². The fraction of sp³-hybridized carbons (Fsp3) is 0.167. The number of aromatic amines is 1. The Morgan fingerprint density at radius 2 is 1.88 bits per heavy atom. The summed E-state index contributed by atoms with van der Waals surface area (Å²) < 4.78 is 5.25. The van der Waals surface area contributed by atoms with Crippen molar-refractivity contribution < 1.29 is 9.53 Å². The molecule has 1 fully saturated rings. The maximum absolute atomic E-state index is 12.9. The van der Waals surface area contributed by atoms with Gasteiger partial charge in [-0.05, 0) is 75.9 Å². The predicted octanol–water partition coefficient (Wildman–Crippen LogP) is 5.59. The minimum absolute atomic E-state index is 0.0168. The van der Waals surface area contributed by atoms with Crippen molar-refractivity contribution in [2.24, 2.45) is 5.92 Å². The number of H-pyrrole nitrogens is 1. The number of anilines is 1. The summed E-state index contributed by atoms with van der Waals surface area (Å²) in [5, 5.41) is 18.5. The number of hydrogen-bond acceptors (Lipinski definition) is 5. The maximum Gasteiger partial charge on any atom is 0.228 e. The second-order valence-corrected chi connectivity index (χ2v) is 8.69. The molecule has 166 valence electrons. The number of tetrazole rings is 1. The first kappa shape index (κ1) is 21.4. The third-order valence-electron chi connectivity index (χ3n) is 5.78. The molecular weight excluding hydrogens is 461 g/mol. The van der Waals surface area contributed by atoms with E-state index < -0.39 is 0 Å². The Kier molecular flexibility index (Phi) is 5.74. The summed E-state index contributed by atoms with van der Waals surface area (Å²) in [6.45, 7) is 0. The van der Waals surface area contributed by atoms with E-state index in [2.05, 4.69) is 25.9 Å². The van der Waals surface area contributed by atoms with Crippen molar-refractivity contribution in [1.29, 1.82) is 0 Å². The van der Waals surface area contributed by atoms with Crippen LogP contribution in [0.4, 0.5) is 5.69 Å². The number of hydrogen-bond donors (Lipinski definition) is 2. The molecule has 0 saturated heterocycles. The van der Waals surface area contributed by atoms with E-state index in [9.17, 15) is 4.79 Å². The number of aromatic nitrogens is 4. The van der Waals surface area contributed by atoms with Crippen molar-refractivity contribution in [3.05, 3.63) is 76.3 Å². The van der Waals surface area contributed by atoms with Crippen LogP contribution in [0.2, 0.25) is 10.0 Å². The third kappa shape index (κ3) is 4.42. The Hall–Kier alpha value is -3.42. The van der Waals surface area contributed by atoms with E-state index in [1.54, 1.807) is 13.2 Å². The molecule has 7 nitrogen and oxygen atoms in total. The number of carbonyl (C=O) groups is 1. The van der Waals surface area contributed by atoms with Crippen LogP contribution < -0.4 is 10.1 Å². The van der Waals surface area contributed by atoms with Gasteiger partial charge in [-0.2, -0.15) is 0 Å². The van der Waals surface area contributed by atoms with E-state index in [4.69, 9.17) is 27.9 Å². The zero-order valence-electron chi connectivity index (χ0n) is 17.5. The van der Waals surface area contributed by atoms with E-state index in [-0.39, 0.29) is 17.7 Å². The van der Waals surface area contributed by atoms with Gasteiger partial charge in [0, 0.05) is 22.2 Å². The standard InChI is InChI=1S/C24H19Cl2N5O2/c1-33-22-9-4-14(10-21(22)26)17-8-7-16(11-19(17)23-28-30-31-29-23)27-24(32)20-12-18(20)13-2-5-15(25)6-3-13/h2-11,18,20H,12H2,1H3,(H,27,32)(H,28,29,30,31)/t18-,20+/m0/s1. The lowest BCUT2D eigenvalue weighted by Crippen LogP contribution is -2.14. The van der Waals surface area contributed by atoms with Crippen LogP contribution in [0.15, 0.2) is 60.7 Å². The van der Waals surface area contributed by atoms with Gasteiger partial charge in [0.15, 0.2) is 5.82 Å². The van der Waals surface area contributed by atoms with Gasteiger partial charge in [-0.1, -0.05) is 47.5 Å². The normalized spacial score (nSPS) is 16.9. The van der Waals surface area contributed by atoms with E-state index >= 15 is 0 Å². The molecule has 0 radical (unpaired) electrons. The van der Waals surface area contributed by atoms with E-state index in [0.717, 1.165) is 28.7 Å². The van der Waals surface area contributed by atoms with Crippen molar-refractivity contribution >= 4 is 34.8 Å². The molecule has 3 aromatic carbocycles. The SMILES string of the molecule is COc1ccc(-c2ccc(NC(=O)[C@@H]3C[C@H]3c3ccc(Cl)cc3)cc2-c2nnn[nH]2)cc1Cl. The fourth-order valence-corrected chi connectivity index (χ4v) is 4.36. The predicted molar refractivity (Wildman–Crippen MR) is 128 cm³/mol. The quantitative estimate of drug-likeness (QED) is 0.375. The van der Waals surface area contributed by atoms with Gasteiger partial charge in [0.1, 0.15) is 5.75 Å². The minimum atomic E-state index is -0.0679. The second-order valence-electron chi connectivity index (χ2n) is 7.85. The van der Waals surface area contributed by atoms with Gasteiger partial charge in [0.05, 0.1) is 12.1 Å². The van der Waals surface area contributed by atoms with Crippen LogP contribution in [0.25, 0.3) is 22.5 Å². The molecule has 0 unspecified atom stereocenters. The molecule has 0 aliphatic heterocycles. The largest absolute Gasteiger partial charge is 0.495 e. The molecule has 1 amide bonds. The summed E-state index contributed by atoms with van der Waals surface area (Å²) in [5.41, 5.74) is 4.26. The van der Waals surface area contributed by atoms with E-state index in [1.165, 1.54) is 0 Å². The highest BCUT2D eigenvalue weighted by Gasteiger charge is 2.43. The molecule has 4 aromatic rings. The van der Waals surface area contributed by atoms with Gasteiger partial charge in [0.25, 0.3) is 0 Å². The van der Waals surface area contributed by atoms with Crippen molar-refractivity contribution in [2.75, 3.05) is 12.4 Å². The second kappa shape index (κ2) is 8.84. The summed E-state index contributed by atoms with van der Waals surface area (Å²) in [5.74, 6) is 1.20. The molecule has 0 bridgehead atoms.